The Kier molecular flexibility index (Phi) is 47.7. The van der Waals surface area contributed by atoms with Gasteiger partial charge in [-0.3, -0.25) is 86.7 Å². The molecule has 652 valence electrons. The third kappa shape index (κ3) is 65.9. The van der Waals surface area contributed by atoms with Crippen LogP contribution in [0.15, 0.2) is 25.1 Å². The fourth-order valence-corrected chi connectivity index (χ4v) is 9.17. The topological polar surface area (TPSA) is 502 Å². The molecule has 0 bridgehead atoms. The fraction of sp³-hybridized carbons (Fsp3) is 0.797. The zero-order valence-corrected chi connectivity index (χ0v) is 72.3. The summed E-state index contributed by atoms with van der Waals surface area (Å²) < 4.78 is 43.2. The highest BCUT2D eigenvalue weighted by molar-refractivity contribution is 6.03. The minimum atomic E-state index is -0.877. The predicted molar refractivity (Wildman–Crippen MR) is 433 cm³/mol. The van der Waals surface area contributed by atoms with E-state index in [1.807, 2.05) is 9.80 Å². The van der Waals surface area contributed by atoms with Crippen LogP contribution in [0.25, 0.3) is 10.4 Å². The van der Waals surface area contributed by atoms with Crippen LogP contribution in [0.4, 0.5) is 38.4 Å². The van der Waals surface area contributed by atoms with Crippen LogP contribution in [0.3, 0.4) is 0 Å². The average molecular weight is 1630 g/mol. The van der Waals surface area contributed by atoms with Crippen LogP contribution in [-0.4, -0.2) is 261 Å². The van der Waals surface area contributed by atoms with Crippen molar-refractivity contribution >= 4 is 90.3 Å². The van der Waals surface area contributed by atoms with Crippen molar-refractivity contribution in [1.29, 1.82) is 0 Å². The van der Waals surface area contributed by atoms with Crippen LogP contribution in [0.2, 0.25) is 0 Å². The van der Waals surface area contributed by atoms with Gasteiger partial charge in [-0.1, -0.05) is 5.11 Å². The largest absolute Gasteiger partial charge is 0.444 e. The molecule has 0 heterocycles. The maximum Gasteiger partial charge on any atom is 0.414 e. The number of carbonyl (C=O) groups is 11. The Morgan fingerprint density at radius 2 is 0.474 bits per heavy atom. The van der Waals surface area contributed by atoms with Gasteiger partial charge in [-0.05, 0) is 249 Å². The van der Waals surface area contributed by atoms with E-state index in [1.54, 1.807) is 166 Å². The van der Waals surface area contributed by atoms with Crippen molar-refractivity contribution < 1.29 is 90.6 Å². The molecule has 0 radical (unpaired) electrons. The SMILES string of the molecule is CC(C)(C)OC(=O)NC(=NCCCN(CCCN=C(NC(=O)OC(C)(C)C)NC(=O)OC(C)(C)C)CC(=O)NCCCN(CCCNC(=O)CCCCN=[N+]=[N-])CCCNC(=O)CN(CCCN=C(NC(=O)OC(C)(C)C)NC(=O)OC(C)(C)C)CCCN=C(NC(=O)OC(C)(C)C)NC(=O)OC(C)(C)C)NC(=O)OC(C)(C)C. The van der Waals surface area contributed by atoms with Gasteiger partial charge < -0.3 is 58.7 Å². The fourth-order valence-electron chi connectivity index (χ4n) is 9.17. The zero-order valence-electron chi connectivity index (χ0n) is 72.3. The third-order valence-electron chi connectivity index (χ3n) is 13.2. The van der Waals surface area contributed by atoms with Gasteiger partial charge >= 0.3 is 48.7 Å². The van der Waals surface area contributed by atoms with Gasteiger partial charge in [0, 0.05) is 89.9 Å². The van der Waals surface area contributed by atoms with E-state index < -0.39 is 93.6 Å². The summed E-state index contributed by atoms with van der Waals surface area (Å²) in [5, 5.41) is 32.2. The van der Waals surface area contributed by atoms with Gasteiger partial charge in [0.05, 0.1) is 13.1 Å². The van der Waals surface area contributed by atoms with E-state index in [-0.39, 0.29) is 133 Å². The summed E-state index contributed by atoms with van der Waals surface area (Å²) in [6.45, 7) is 43.9. The number of azide groups is 1. The molecule has 0 saturated heterocycles. The molecule has 0 aliphatic rings. The van der Waals surface area contributed by atoms with Gasteiger partial charge in [-0.2, -0.15) is 0 Å². The molecule has 11 amide bonds. The molecule has 0 unspecified atom stereocenters. The number of unbranched alkanes of at least 4 members (excludes halogenated alkanes) is 1. The molecule has 0 spiro atoms. The second-order valence-corrected chi connectivity index (χ2v) is 34.3. The monoisotopic (exact) mass is 1620 g/mol. The minimum Gasteiger partial charge on any atom is -0.444 e. The van der Waals surface area contributed by atoms with Crippen LogP contribution < -0.4 is 58.5 Å². The first-order chi connectivity index (χ1) is 52.4. The molecular formula is C74H137N21O19. The number of ether oxygens (including phenoxy) is 8. The summed E-state index contributed by atoms with van der Waals surface area (Å²) >= 11 is 0. The first-order valence-corrected chi connectivity index (χ1v) is 38.6. The van der Waals surface area contributed by atoms with Crippen LogP contribution in [0.5, 0.6) is 0 Å². The van der Waals surface area contributed by atoms with Gasteiger partial charge in [-0.25, -0.2) is 38.4 Å². The van der Waals surface area contributed by atoms with Crippen molar-refractivity contribution in [3.8, 4) is 0 Å². The molecule has 0 aliphatic heterocycles. The lowest BCUT2D eigenvalue weighted by atomic mass is 10.2. The maximum atomic E-state index is 13.9. The van der Waals surface area contributed by atoms with Crippen LogP contribution in [-0.2, 0) is 52.3 Å². The van der Waals surface area contributed by atoms with Crippen molar-refractivity contribution in [2.45, 2.75) is 275 Å². The molecule has 40 heteroatoms. The Morgan fingerprint density at radius 3 is 0.675 bits per heavy atom. The quantitative estimate of drug-likeness (QED) is 0.00525. The number of aliphatic imine (C=N–C) groups is 4. The molecule has 0 atom stereocenters. The Morgan fingerprint density at radius 1 is 0.272 bits per heavy atom. The van der Waals surface area contributed by atoms with E-state index in [4.69, 9.17) is 43.4 Å². The Labute approximate surface area is 673 Å². The molecule has 0 aromatic rings. The van der Waals surface area contributed by atoms with Crippen molar-refractivity contribution in [3.05, 3.63) is 10.4 Å². The first-order valence-electron chi connectivity index (χ1n) is 38.6. The third-order valence-corrected chi connectivity index (χ3v) is 13.2. The van der Waals surface area contributed by atoms with Gasteiger partial charge in [-0.15, -0.1) is 0 Å². The zero-order chi connectivity index (χ0) is 87.2. The van der Waals surface area contributed by atoms with Crippen LogP contribution in [0.1, 0.15) is 230 Å². The number of rotatable bonds is 37. The van der Waals surface area contributed by atoms with E-state index in [0.29, 0.717) is 84.0 Å². The van der Waals surface area contributed by atoms with Gasteiger partial charge in [0.25, 0.3) is 0 Å². The van der Waals surface area contributed by atoms with Crippen molar-refractivity contribution in [2.24, 2.45) is 25.1 Å². The van der Waals surface area contributed by atoms with Crippen LogP contribution >= 0.6 is 0 Å². The summed E-state index contributed by atoms with van der Waals surface area (Å²) in [5.41, 5.74) is 1.61. The highest BCUT2D eigenvalue weighted by Gasteiger charge is 2.28. The molecule has 40 nitrogen and oxygen atoms in total. The van der Waals surface area contributed by atoms with E-state index in [0.717, 1.165) is 0 Å². The number of nitrogens with one attached hydrogen (secondary N) is 11. The number of carbonyl (C=O) groups excluding carboxylic acids is 11. The van der Waals surface area contributed by atoms with E-state index >= 15 is 0 Å². The minimum absolute atomic E-state index is 0.0471. The summed E-state index contributed by atoms with van der Waals surface area (Å²) in [7, 11) is 0. The number of amides is 11. The predicted octanol–water partition coefficient (Wildman–Crippen LogP) is 9.07. The Balaban J connectivity index is 7.01. The number of nitrogens with zero attached hydrogens (tertiary/aromatic N) is 10. The number of hydrogen-bond donors (Lipinski definition) is 11. The Bertz CT molecular complexity index is 2740. The number of hydrogen-bond acceptors (Lipinski definition) is 27. The lowest BCUT2D eigenvalue weighted by Gasteiger charge is -2.24. The highest BCUT2D eigenvalue weighted by atomic mass is 16.6. The smallest absolute Gasteiger partial charge is 0.414 e. The highest BCUT2D eigenvalue weighted by Crippen LogP contribution is 2.14. The molecule has 0 rings (SSSR count). The van der Waals surface area contributed by atoms with E-state index in [1.165, 1.54) is 0 Å². The maximum absolute atomic E-state index is 13.9. The normalized spacial score (nSPS) is 11.9. The first kappa shape index (κ1) is 104. The Hall–Kier alpha value is -9.56. The van der Waals surface area contributed by atoms with E-state index in [9.17, 15) is 52.7 Å². The summed E-state index contributed by atoms with van der Waals surface area (Å²) in [5.74, 6) is -1.70. The molecule has 0 aromatic heterocycles. The standard InChI is InChI=1S/C74H137N21O19/c1-67(2,3)107-59(99)84-55(85-60(100)108-68(4,5)6)79-38-30-46-94(47-31-39-80-56(86-61(101)109-69(7,8)9)87-62(102)110-70(10,11)12)50-53(97)77-36-28-44-93(43-27-35-76-52(96)34-25-26-42-83-92-75)45-29-37-78-54(98)51-95(48-32-40-81-57(88-63(103)111-71(13,14)15)89-64(104)112-72(16,17)18)49-33-41-82-58(90-65(105)113-73(19,20)21)91-66(106)114-74(22,23)24/h25-51H2,1-24H3,(H,76,96)(H,77,97)(H,78,98)(H2,79,84,85,99,100)(H2,80,86,87,101,102)(H2,81,88,89,103,104)(H2,82,90,91,105,106). The number of alkyl carbamates (subject to hydrolysis) is 8. The molecule has 0 fully saturated rings. The second kappa shape index (κ2) is 52.0. The molecular weight excluding hydrogens is 1490 g/mol. The molecule has 114 heavy (non-hydrogen) atoms. The van der Waals surface area contributed by atoms with Gasteiger partial charge in [0.15, 0.2) is 0 Å². The van der Waals surface area contributed by atoms with Crippen molar-refractivity contribution in [2.75, 3.05) is 111 Å². The lowest BCUT2D eigenvalue weighted by Crippen LogP contribution is -2.47. The molecule has 0 aliphatic carbocycles. The lowest BCUT2D eigenvalue weighted by molar-refractivity contribution is -0.123. The average Bonchev–Trinajstić information content (AvgIpc) is 0.909. The molecule has 0 saturated carbocycles. The van der Waals surface area contributed by atoms with Crippen molar-refractivity contribution in [1.82, 2.24) is 73.2 Å². The summed E-state index contributed by atoms with van der Waals surface area (Å²) in [4.78, 5) is 170. The van der Waals surface area contributed by atoms with Crippen LogP contribution in [0, 0.1) is 0 Å². The van der Waals surface area contributed by atoms with Crippen molar-refractivity contribution in [3.63, 3.8) is 0 Å². The van der Waals surface area contributed by atoms with E-state index in [2.05, 4.69) is 93.4 Å². The molecule has 0 aromatic carbocycles. The number of guanidine groups is 4. The van der Waals surface area contributed by atoms with Gasteiger partial charge in [0.1, 0.15) is 44.8 Å². The second-order valence-electron chi connectivity index (χ2n) is 34.3. The molecule has 11 N–H and O–H groups in total. The summed E-state index contributed by atoms with van der Waals surface area (Å²) in [6, 6.07) is 0. The van der Waals surface area contributed by atoms with Gasteiger partial charge in [0.2, 0.25) is 41.6 Å². The summed E-state index contributed by atoms with van der Waals surface area (Å²) in [6.07, 6.45) is -2.87.